The van der Waals surface area contributed by atoms with Crippen LogP contribution in [0.15, 0.2) is 66.0 Å². The molecule has 3 N–H and O–H groups in total. The molecule has 0 radical (unpaired) electrons. The monoisotopic (exact) mass is 492 g/mol. The van der Waals surface area contributed by atoms with Crippen molar-refractivity contribution in [2.75, 3.05) is 6.61 Å². The highest BCUT2D eigenvalue weighted by Crippen LogP contribution is 2.44. The Morgan fingerprint density at radius 1 is 0.971 bits per heavy atom. The Hall–Kier alpha value is -3.65. The number of carboxylic acid groups (broad SMARTS) is 1. The fourth-order valence-electron chi connectivity index (χ4n) is 4.53. The second-order valence-electron chi connectivity index (χ2n) is 8.51. The first-order chi connectivity index (χ1) is 17.0. The van der Waals surface area contributed by atoms with E-state index in [1.807, 2.05) is 31.2 Å². The zero-order valence-corrected chi connectivity index (χ0v) is 20.2. The summed E-state index contributed by atoms with van der Waals surface area (Å²) < 4.78 is 5.60. The molecule has 0 spiro atoms. The minimum Gasteiger partial charge on any atom is -0.479 e. The second kappa shape index (κ2) is 11.2. The van der Waals surface area contributed by atoms with Gasteiger partial charge in [-0.25, -0.2) is 9.59 Å². The Morgan fingerprint density at radius 3 is 2.20 bits per heavy atom. The van der Waals surface area contributed by atoms with Gasteiger partial charge in [-0.1, -0.05) is 67.9 Å². The number of thiophene rings is 1. The van der Waals surface area contributed by atoms with Crippen molar-refractivity contribution >= 4 is 29.3 Å². The van der Waals surface area contributed by atoms with E-state index in [4.69, 9.17) is 4.74 Å². The zero-order valence-electron chi connectivity index (χ0n) is 19.4. The summed E-state index contributed by atoms with van der Waals surface area (Å²) in [6, 6.07) is 18.0. The van der Waals surface area contributed by atoms with Crippen LogP contribution in [-0.2, 0) is 14.3 Å². The maximum Gasteiger partial charge on any atom is 0.407 e. The van der Waals surface area contributed by atoms with Gasteiger partial charge in [-0.15, -0.1) is 11.3 Å². The summed E-state index contributed by atoms with van der Waals surface area (Å²) in [5.41, 5.74) is 4.55. The molecule has 0 saturated heterocycles. The van der Waals surface area contributed by atoms with Crippen molar-refractivity contribution in [1.82, 2.24) is 10.6 Å². The van der Waals surface area contributed by atoms with E-state index in [-0.39, 0.29) is 18.9 Å². The molecule has 2 aromatic carbocycles. The van der Waals surface area contributed by atoms with E-state index >= 15 is 0 Å². The number of hydrogen-bond donors (Lipinski definition) is 3. The van der Waals surface area contributed by atoms with Crippen LogP contribution in [0.4, 0.5) is 4.79 Å². The first kappa shape index (κ1) is 24.5. The van der Waals surface area contributed by atoms with E-state index in [2.05, 4.69) is 34.9 Å². The average Bonchev–Trinajstić information content (AvgIpc) is 3.48. The number of carbonyl (C=O) groups excluding carboxylic acids is 2. The summed E-state index contributed by atoms with van der Waals surface area (Å²) in [5, 5.41) is 16.6. The summed E-state index contributed by atoms with van der Waals surface area (Å²) in [6.45, 7) is 2.14. The van der Waals surface area contributed by atoms with E-state index in [0.717, 1.165) is 28.7 Å². The van der Waals surface area contributed by atoms with Crippen molar-refractivity contribution in [1.29, 1.82) is 0 Å². The zero-order chi connectivity index (χ0) is 24.8. The van der Waals surface area contributed by atoms with Gasteiger partial charge in [0.2, 0.25) is 5.91 Å². The molecule has 4 rings (SSSR count). The Kier molecular flexibility index (Phi) is 7.82. The van der Waals surface area contributed by atoms with Gasteiger partial charge in [0.1, 0.15) is 6.61 Å². The van der Waals surface area contributed by atoms with Gasteiger partial charge in [-0.2, -0.15) is 0 Å². The van der Waals surface area contributed by atoms with Gasteiger partial charge in [0, 0.05) is 23.3 Å². The summed E-state index contributed by atoms with van der Waals surface area (Å²) in [5.74, 6) is -1.62. The molecule has 1 unspecified atom stereocenters. The van der Waals surface area contributed by atoms with Crippen LogP contribution >= 0.6 is 11.3 Å². The van der Waals surface area contributed by atoms with Crippen LogP contribution < -0.4 is 10.6 Å². The average molecular weight is 493 g/mol. The standard InChI is InChI=1S/C27H28N2O5S/c1-2-8-17(15-24(30)29-25(26(31)32)23-13-7-14-35-23)28-27(33)34-16-22-20-11-5-3-9-18(20)19-10-4-6-12-21(19)22/h3-7,9-14,17,22,25H,2,8,15-16H2,1H3,(H,28,33)(H,29,30)(H,31,32)/t17-,25?/m1/s1. The largest absolute Gasteiger partial charge is 0.479 e. The predicted molar refractivity (Wildman–Crippen MR) is 134 cm³/mol. The molecule has 1 aliphatic carbocycles. The van der Waals surface area contributed by atoms with Crippen molar-refractivity contribution in [3.63, 3.8) is 0 Å². The van der Waals surface area contributed by atoms with E-state index in [0.29, 0.717) is 11.3 Å². The van der Waals surface area contributed by atoms with Gasteiger partial charge in [0.25, 0.3) is 0 Å². The van der Waals surface area contributed by atoms with E-state index in [1.54, 1.807) is 17.5 Å². The Labute approximate surface area is 208 Å². The van der Waals surface area contributed by atoms with Crippen molar-refractivity contribution in [3.8, 4) is 11.1 Å². The first-order valence-electron chi connectivity index (χ1n) is 11.6. The maximum atomic E-state index is 12.7. The molecule has 182 valence electrons. The van der Waals surface area contributed by atoms with Crippen LogP contribution in [0.25, 0.3) is 11.1 Å². The van der Waals surface area contributed by atoms with Gasteiger partial charge < -0.3 is 20.5 Å². The minimum atomic E-state index is -1.13. The fourth-order valence-corrected chi connectivity index (χ4v) is 5.30. The number of rotatable bonds is 10. The molecule has 8 heteroatoms. The third kappa shape index (κ3) is 5.71. The third-order valence-electron chi connectivity index (χ3n) is 6.11. The Morgan fingerprint density at radius 2 is 1.63 bits per heavy atom. The number of ether oxygens (including phenoxy) is 1. The summed E-state index contributed by atoms with van der Waals surface area (Å²) in [6.07, 6.45) is 0.683. The smallest absolute Gasteiger partial charge is 0.407 e. The van der Waals surface area contributed by atoms with E-state index in [1.165, 1.54) is 11.3 Å². The van der Waals surface area contributed by atoms with Crippen molar-refractivity contribution in [3.05, 3.63) is 82.0 Å². The van der Waals surface area contributed by atoms with Gasteiger partial charge in [-0.3, -0.25) is 4.79 Å². The molecule has 1 aliphatic rings. The molecule has 0 fully saturated rings. The maximum absolute atomic E-state index is 12.7. The molecule has 0 saturated carbocycles. The summed E-state index contributed by atoms with van der Waals surface area (Å²) in [4.78, 5) is 37.4. The highest BCUT2D eigenvalue weighted by molar-refractivity contribution is 7.10. The number of amides is 2. The lowest BCUT2D eigenvalue weighted by molar-refractivity contribution is -0.142. The molecule has 1 heterocycles. The molecule has 3 aromatic rings. The first-order valence-corrected chi connectivity index (χ1v) is 12.5. The van der Waals surface area contributed by atoms with Crippen molar-refractivity contribution in [2.24, 2.45) is 0 Å². The van der Waals surface area contributed by atoms with Gasteiger partial charge in [0.15, 0.2) is 6.04 Å². The number of aliphatic carboxylic acids is 1. The third-order valence-corrected chi connectivity index (χ3v) is 7.05. The number of alkyl carbamates (subject to hydrolysis) is 1. The van der Waals surface area contributed by atoms with Crippen LogP contribution in [0.3, 0.4) is 0 Å². The van der Waals surface area contributed by atoms with Crippen LogP contribution in [0.1, 0.15) is 54.1 Å². The number of benzene rings is 2. The minimum absolute atomic E-state index is 0.0345. The molecule has 0 bridgehead atoms. The quantitative estimate of drug-likeness (QED) is 0.366. The lowest BCUT2D eigenvalue weighted by Gasteiger charge is -2.20. The van der Waals surface area contributed by atoms with Crippen LogP contribution in [0.5, 0.6) is 0 Å². The van der Waals surface area contributed by atoms with Gasteiger partial charge in [-0.05, 0) is 40.1 Å². The number of nitrogens with one attached hydrogen (secondary N) is 2. The molecule has 2 amide bonds. The topological polar surface area (TPSA) is 105 Å². The second-order valence-corrected chi connectivity index (χ2v) is 9.49. The molecular weight excluding hydrogens is 464 g/mol. The molecule has 35 heavy (non-hydrogen) atoms. The summed E-state index contributed by atoms with van der Waals surface area (Å²) >= 11 is 1.26. The highest BCUT2D eigenvalue weighted by Gasteiger charge is 2.30. The van der Waals surface area contributed by atoms with Gasteiger partial charge in [0.05, 0.1) is 0 Å². The van der Waals surface area contributed by atoms with Crippen molar-refractivity contribution < 1.29 is 24.2 Å². The van der Waals surface area contributed by atoms with Crippen molar-refractivity contribution in [2.45, 2.75) is 44.2 Å². The molecule has 2 atom stereocenters. The lowest BCUT2D eigenvalue weighted by atomic mass is 9.98. The number of fused-ring (bicyclic) bond motifs is 3. The highest BCUT2D eigenvalue weighted by atomic mass is 32.1. The predicted octanol–water partition coefficient (Wildman–Crippen LogP) is 5.09. The number of carboxylic acids is 1. The van der Waals surface area contributed by atoms with Crippen LogP contribution in [-0.4, -0.2) is 35.7 Å². The normalized spacial score (nSPS) is 13.9. The van der Waals surface area contributed by atoms with E-state index < -0.39 is 30.1 Å². The number of carbonyl (C=O) groups is 3. The SMILES string of the molecule is CCC[C@H](CC(=O)NC(C(=O)O)c1cccs1)NC(=O)OCC1c2ccccc2-c2ccccc21. The Balaban J connectivity index is 1.35. The van der Waals surface area contributed by atoms with Gasteiger partial charge >= 0.3 is 12.1 Å². The van der Waals surface area contributed by atoms with Crippen LogP contribution in [0, 0.1) is 0 Å². The molecule has 1 aromatic heterocycles. The fraction of sp³-hybridized carbons (Fsp3) is 0.296. The number of hydrogen-bond acceptors (Lipinski definition) is 5. The van der Waals surface area contributed by atoms with Crippen LogP contribution in [0.2, 0.25) is 0 Å². The van der Waals surface area contributed by atoms with E-state index in [9.17, 15) is 19.5 Å². The molecule has 0 aliphatic heterocycles. The molecule has 7 nitrogen and oxygen atoms in total. The molecular formula is C27H28N2O5S. The Bertz CT molecular complexity index is 1150. The lowest BCUT2D eigenvalue weighted by Crippen LogP contribution is -2.41. The summed E-state index contributed by atoms with van der Waals surface area (Å²) in [7, 11) is 0.